The Morgan fingerprint density at radius 3 is 1.41 bits per heavy atom. The molecule has 0 aromatic carbocycles. The minimum Gasteiger partial charge on any atom is -0.480 e. The zero-order chi connectivity index (χ0) is 42.8. The predicted octanol–water partition coefficient (Wildman–Crippen LogP) is 12.4. The number of rotatable bonds is 43. The quantitative estimate of drug-likeness (QED) is 0.0231. The molecule has 0 rings (SSSR count). The first kappa shape index (κ1) is 55.7. The molecule has 338 valence electrons. The van der Waals surface area contributed by atoms with Gasteiger partial charge in [-0.3, -0.25) is 23.4 Å². The summed E-state index contributed by atoms with van der Waals surface area (Å²) in [6.45, 7) is 2.76. The van der Waals surface area contributed by atoms with Crippen molar-refractivity contribution >= 4 is 25.7 Å². The van der Waals surface area contributed by atoms with E-state index in [0.29, 0.717) is 12.8 Å². The van der Waals surface area contributed by atoms with Crippen LogP contribution >= 0.6 is 7.82 Å². The van der Waals surface area contributed by atoms with E-state index in [4.69, 9.17) is 24.8 Å². The Balaban J connectivity index is 4.30. The molecule has 0 aliphatic carbocycles. The average molecular weight is 842 g/mol. The molecule has 0 amide bonds. The fraction of sp³-hybridized carbons (Fsp3) is 0.804. The van der Waals surface area contributed by atoms with Crippen molar-refractivity contribution < 1.29 is 47.5 Å². The lowest BCUT2D eigenvalue weighted by Crippen LogP contribution is -2.34. The van der Waals surface area contributed by atoms with Gasteiger partial charge in [-0.25, -0.2) is 4.57 Å². The number of nitrogens with two attached hydrogens (primary N) is 1. The number of hydrogen-bond acceptors (Lipinski definition) is 9. The largest absolute Gasteiger partial charge is 0.480 e. The van der Waals surface area contributed by atoms with E-state index in [9.17, 15) is 23.8 Å². The van der Waals surface area contributed by atoms with Crippen molar-refractivity contribution in [3.63, 3.8) is 0 Å². The third-order valence-electron chi connectivity index (χ3n) is 9.86. The number of allylic oxidation sites excluding steroid dienone is 6. The first-order valence-corrected chi connectivity index (χ1v) is 24.5. The van der Waals surface area contributed by atoms with E-state index >= 15 is 0 Å². The van der Waals surface area contributed by atoms with Crippen LogP contribution in [0.3, 0.4) is 0 Å². The Labute approximate surface area is 353 Å². The standard InChI is InChI=1S/C46H84NO10P/c1-3-5-7-9-11-13-15-17-19-20-21-22-24-25-27-29-31-33-35-37-44(48)54-39-42(40-55-58(52,53)56-41-43(47)46(50)51)57-45(49)38-36-34-32-30-28-26-23-18-16-14-12-10-8-6-4-2/h10-13,17,19,42-43H,3-9,14-16,18,20-41,47H2,1-2H3,(H,50,51)(H,52,53)/b12-10+,13-11+,19-17+/t42-,43+/m1/s1. The highest BCUT2D eigenvalue weighted by Crippen LogP contribution is 2.43. The maximum atomic E-state index is 12.6. The number of esters is 2. The second-order valence-corrected chi connectivity index (χ2v) is 17.0. The number of carbonyl (C=O) groups excluding carboxylic acids is 2. The number of phosphoric acid groups is 1. The molecule has 0 bridgehead atoms. The lowest BCUT2D eigenvalue weighted by molar-refractivity contribution is -0.161. The van der Waals surface area contributed by atoms with Crippen LogP contribution in [-0.2, 0) is 37.5 Å². The third kappa shape index (κ3) is 40.5. The lowest BCUT2D eigenvalue weighted by atomic mass is 10.1. The van der Waals surface area contributed by atoms with Crippen LogP contribution in [0, 0.1) is 0 Å². The van der Waals surface area contributed by atoms with Gasteiger partial charge < -0.3 is 25.2 Å². The first-order valence-electron chi connectivity index (χ1n) is 23.0. The summed E-state index contributed by atoms with van der Waals surface area (Å²) >= 11 is 0. The molecular formula is C46H84NO10P. The number of carbonyl (C=O) groups is 3. The number of ether oxygens (including phenoxy) is 2. The van der Waals surface area contributed by atoms with E-state index < -0.39 is 51.1 Å². The molecule has 0 saturated carbocycles. The Hall–Kier alpha value is -2.30. The summed E-state index contributed by atoms with van der Waals surface area (Å²) < 4.78 is 32.7. The molecule has 0 saturated heterocycles. The summed E-state index contributed by atoms with van der Waals surface area (Å²) in [5.41, 5.74) is 5.34. The minimum atomic E-state index is -4.72. The summed E-state index contributed by atoms with van der Waals surface area (Å²) in [7, 11) is -4.72. The maximum Gasteiger partial charge on any atom is 0.472 e. The summed E-state index contributed by atoms with van der Waals surface area (Å²) in [4.78, 5) is 46.0. The van der Waals surface area contributed by atoms with Crippen molar-refractivity contribution in [2.75, 3.05) is 19.8 Å². The van der Waals surface area contributed by atoms with Crippen LogP contribution in [0.5, 0.6) is 0 Å². The SMILES string of the molecule is CCCC/C=C/CCCCCCCCCCCC(=O)O[C@H](COC(=O)CCCCCCCCCCC/C=C/C/C=C/CCCCC)COP(=O)(O)OC[C@H](N)C(=O)O. The van der Waals surface area contributed by atoms with E-state index in [2.05, 4.69) is 54.8 Å². The fourth-order valence-corrected chi connectivity index (χ4v) is 6.97. The minimum absolute atomic E-state index is 0.158. The molecule has 12 heteroatoms. The van der Waals surface area contributed by atoms with Crippen molar-refractivity contribution in [3.8, 4) is 0 Å². The highest BCUT2D eigenvalue weighted by molar-refractivity contribution is 7.47. The van der Waals surface area contributed by atoms with Gasteiger partial charge in [-0.15, -0.1) is 0 Å². The normalized spacial score (nSPS) is 14.0. The summed E-state index contributed by atoms with van der Waals surface area (Å²) in [5, 5.41) is 8.90. The van der Waals surface area contributed by atoms with Crippen molar-refractivity contribution in [1.29, 1.82) is 0 Å². The molecular weight excluding hydrogens is 757 g/mol. The highest BCUT2D eigenvalue weighted by Gasteiger charge is 2.28. The van der Waals surface area contributed by atoms with E-state index in [1.807, 2.05) is 0 Å². The van der Waals surface area contributed by atoms with Crippen molar-refractivity contribution in [3.05, 3.63) is 36.5 Å². The van der Waals surface area contributed by atoms with Gasteiger partial charge in [-0.05, 0) is 64.2 Å². The van der Waals surface area contributed by atoms with Gasteiger partial charge in [-0.1, -0.05) is 166 Å². The van der Waals surface area contributed by atoms with Crippen molar-refractivity contribution in [1.82, 2.24) is 0 Å². The number of carboxylic acid groups (broad SMARTS) is 1. The van der Waals surface area contributed by atoms with Crippen LogP contribution < -0.4 is 5.73 Å². The molecule has 0 aromatic rings. The van der Waals surface area contributed by atoms with Crippen LogP contribution in [-0.4, -0.2) is 59.9 Å². The van der Waals surface area contributed by atoms with E-state index in [1.54, 1.807) is 0 Å². The molecule has 0 aliphatic heterocycles. The molecule has 0 heterocycles. The van der Waals surface area contributed by atoms with E-state index in [-0.39, 0.29) is 19.4 Å². The number of hydrogen-bond donors (Lipinski definition) is 3. The Kier molecular flexibility index (Phi) is 39.8. The molecule has 4 N–H and O–H groups in total. The van der Waals surface area contributed by atoms with Gasteiger partial charge in [0.2, 0.25) is 0 Å². The smallest absolute Gasteiger partial charge is 0.472 e. The molecule has 1 unspecified atom stereocenters. The number of unbranched alkanes of at least 4 members (excludes halogenated alkanes) is 23. The first-order chi connectivity index (χ1) is 28.1. The Bertz CT molecular complexity index is 1130. The van der Waals surface area contributed by atoms with Crippen molar-refractivity contribution in [2.24, 2.45) is 5.73 Å². The molecule has 0 aliphatic rings. The monoisotopic (exact) mass is 842 g/mol. The Morgan fingerprint density at radius 2 is 0.931 bits per heavy atom. The molecule has 0 spiro atoms. The highest BCUT2D eigenvalue weighted by atomic mass is 31.2. The average Bonchev–Trinajstić information content (AvgIpc) is 3.20. The van der Waals surface area contributed by atoms with Gasteiger partial charge in [0.15, 0.2) is 6.10 Å². The summed E-state index contributed by atoms with van der Waals surface area (Å²) in [6.07, 6.45) is 44.8. The second kappa shape index (κ2) is 41.4. The maximum absolute atomic E-state index is 12.6. The van der Waals surface area contributed by atoms with E-state index in [1.165, 1.54) is 116 Å². The summed E-state index contributed by atoms with van der Waals surface area (Å²) in [5.74, 6) is -2.38. The fourth-order valence-electron chi connectivity index (χ4n) is 6.19. The van der Waals surface area contributed by atoms with Gasteiger partial charge in [0.1, 0.15) is 12.6 Å². The van der Waals surface area contributed by atoms with Gasteiger partial charge in [-0.2, -0.15) is 0 Å². The van der Waals surface area contributed by atoms with Crippen LogP contribution in [0.4, 0.5) is 0 Å². The van der Waals surface area contributed by atoms with Crippen LogP contribution in [0.2, 0.25) is 0 Å². The number of phosphoric ester groups is 1. The van der Waals surface area contributed by atoms with Gasteiger partial charge in [0, 0.05) is 12.8 Å². The number of carboxylic acids is 1. The zero-order valence-corrected chi connectivity index (χ0v) is 37.5. The zero-order valence-electron chi connectivity index (χ0n) is 36.6. The predicted molar refractivity (Wildman–Crippen MR) is 235 cm³/mol. The van der Waals surface area contributed by atoms with E-state index in [0.717, 1.165) is 51.4 Å². The van der Waals surface area contributed by atoms with Gasteiger partial charge in [0.05, 0.1) is 13.2 Å². The second-order valence-electron chi connectivity index (χ2n) is 15.5. The lowest BCUT2D eigenvalue weighted by Gasteiger charge is -2.20. The molecule has 3 atom stereocenters. The number of aliphatic carboxylic acids is 1. The van der Waals surface area contributed by atoms with Crippen LogP contribution in [0.25, 0.3) is 0 Å². The van der Waals surface area contributed by atoms with Gasteiger partial charge >= 0.3 is 25.7 Å². The van der Waals surface area contributed by atoms with Crippen LogP contribution in [0.1, 0.15) is 206 Å². The molecule has 58 heavy (non-hydrogen) atoms. The van der Waals surface area contributed by atoms with Crippen molar-refractivity contribution in [2.45, 2.75) is 219 Å². The van der Waals surface area contributed by atoms with Crippen LogP contribution in [0.15, 0.2) is 36.5 Å². The van der Waals surface area contributed by atoms with Gasteiger partial charge in [0.25, 0.3) is 0 Å². The topological polar surface area (TPSA) is 172 Å². The molecule has 0 aromatic heterocycles. The third-order valence-corrected chi connectivity index (χ3v) is 10.8. The molecule has 11 nitrogen and oxygen atoms in total. The Morgan fingerprint density at radius 1 is 0.534 bits per heavy atom. The summed E-state index contributed by atoms with van der Waals surface area (Å²) in [6, 6.07) is -1.52. The molecule has 0 fully saturated rings. The molecule has 0 radical (unpaired) electrons.